The molecule has 0 bridgehead atoms. The zero-order chi connectivity index (χ0) is 20.8. The number of aromatic nitrogens is 1. The van der Waals surface area contributed by atoms with E-state index in [0.717, 1.165) is 33.5 Å². The molecule has 1 heterocycles. The lowest BCUT2D eigenvalue weighted by Crippen LogP contribution is -2.18. The molecule has 0 radical (unpaired) electrons. The molecule has 0 saturated carbocycles. The number of para-hydroxylation sites is 2. The number of nitrogens with one attached hydrogen (secondary N) is 1. The first-order valence-corrected chi connectivity index (χ1v) is 9.76. The SMILES string of the molecule is CCOc1ccccc1/C=N/NC(=O)c1cc(-c2ccccc2)nc2ccccc12. The van der Waals surface area contributed by atoms with Crippen LogP contribution in [0.25, 0.3) is 22.2 Å². The molecule has 0 spiro atoms. The Bertz CT molecular complexity index is 1200. The Morgan fingerprint density at radius 2 is 1.73 bits per heavy atom. The van der Waals surface area contributed by atoms with Crippen LogP contribution in [0, 0.1) is 0 Å². The van der Waals surface area contributed by atoms with Crippen LogP contribution in [0.3, 0.4) is 0 Å². The monoisotopic (exact) mass is 395 g/mol. The highest BCUT2D eigenvalue weighted by Gasteiger charge is 2.13. The first-order chi connectivity index (χ1) is 14.8. The molecule has 1 aromatic heterocycles. The number of ether oxygens (including phenoxy) is 1. The Kier molecular flexibility index (Phi) is 5.80. The quantitative estimate of drug-likeness (QED) is 0.366. The first-order valence-electron chi connectivity index (χ1n) is 9.76. The summed E-state index contributed by atoms with van der Waals surface area (Å²) in [6, 6.07) is 26.7. The minimum Gasteiger partial charge on any atom is -0.493 e. The van der Waals surface area contributed by atoms with Crippen LogP contribution in [0.1, 0.15) is 22.8 Å². The molecule has 30 heavy (non-hydrogen) atoms. The Hall–Kier alpha value is -3.99. The number of carbonyl (C=O) groups is 1. The third-order valence-electron chi connectivity index (χ3n) is 4.62. The first kappa shape index (κ1) is 19.3. The van der Waals surface area contributed by atoms with Gasteiger partial charge in [0.2, 0.25) is 0 Å². The smallest absolute Gasteiger partial charge is 0.272 e. The molecular weight excluding hydrogens is 374 g/mol. The Morgan fingerprint density at radius 1 is 1.00 bits per heavy atom. The lowest BCUT2D eigenvalue weighted by molar-refractivity contribution is 0.0956. The van der Waals surface area contributed by atoms with Crippen LogP contribution in [-0.2, 0) is 0 Å². The molecule has 1 amide bonds. The van der Waals surface area contributed by atoms with Crippen LogP contribution in [0.2, 0.25) is 0 Å². The van der Waals surface area contributed by atoms with Crippen molar-refractivity contribution in [3.05, 3.63) is 96.1 Å². The maximum atomic E-state index is 13.0. The fourth-order valence-corrected chi connectivity index (χ4v) is 3.21. The molecule has 1 N–H and O–H groups in total. The van der Waals surface area contributed by atoms with Crippen molar-refractivity contribution >= 4 is 23.0 Å². The second-order valence-corrected chi connectivity index (χ2v) is 6.61. The van der Waals surface area contributed by atoms with Gasteiger partial charge in [0.1, 0.15) is 5.75 Å². The van der Waals surface area contributed by atoms with E-state index >= 15 is 0 Å². The summed E-state index contributed by atoms with van der Waals surface area (Å²) in [5, 5.41) is 4.92. The molecule has 0 unspecified atom stereocenters. The molecular formula is C25H21N3O2. The minimum atomic E-state index is -0.295. The zero-order valence-electron chi connectivity index (χ0n) is 16.6. The summed E-state index contributed by atoms with van der Waals surface area (Å²) >= 11 is 0. The molecule has 148 valence electrons. The number of carbonyl (C=O) groups excluding carboxylic acids is 1. The number of hydrogen-bond donors (Lipinski definition) is 1. The van der Waals surface area contributed by atoms with Crippen LogP contribution in [-0.4, -0.2) is 23.7 Å². The van der Waals surface area contributed by atoms with Crippen LogP contribution >= 0.6 is 0 Å². The fraction of sp³-hybridized carbons (Fsp3) is 0.0800. The summed E-state index contributed by atoms with van der Waals surface area (Å²) in [4.78, 5) is 17.7. The van der Waals surface area contributed by atoms with Crippen LogP contribution in [0.15, 0.2) is 90.0 Å². The Balaban J connectivity index is 1.65. The predicted octanol–water partition coefficient (Wildman–Crippen LogP) is 5.06. The molecule has 3 aromatic carbocycles. The number of hydrogen-bond acceptors (Lipinski definition) is 4. The Morgan fingerprint density at radius 3 is 2.57 bits per heavy atom. The summed E-state index contributed by atoms with van der Waals surface area (Å²) in [7, 11) is 0. The molecule has 0 aliphatic carbocycles. The van der Waals surface area contributed by atoms with Gasteiger partial charge < -0.3 is 4.74 Å². The average molecular weight is 395 g/mol. The molecule has 0 aliphatic heterocycles. The number of nitrogens with zero attached hydrogens (tertiary/aromatic N) is 2. The van der Waals surface area contributed by atoms with E-state index in [1.807, 2.05) is 85.8 Å². The van der Waals surface area contributed by atoms with E-state index in [2.05, 4.69) is 10.5 Å². The molecule has 0 saturated heterocycles. The maximum Gasteiger partial charge on any atom is 0.272 e. The summed E-state index contributed by atoms with van der Waals surface area (Å²) in [6.45, 7) is 2.48. The van der Waals surface area contributed by atoms with Gasteiger partial charge in [-0.3, -0.25) is 4.79 Å². The molecule has 4 aromatic rings. The van der Waals surface area contributed by atoms with Crippen molar-refractivity contribution in [1.82, 2.24) is 10.4 Å². The second kappa shape index (κ2) is 9.01. The maximum absolute atomic E-state index is 13.0. The van der Waals surface area contributed by atoms with Gasteiger partial charge in [-0.2, -0.15) is 5.10 Å². The number of amides is 1. The number of pyridine rings is 1. The molecule has 0 fully saturated rings. The lowest BCUT2D eigenvalue weighted by atomic mass is 10.0. The highest BCUT2D eigenvalue weighted by Crippen LogP contribution is 2.24. The van der Waals surface area contributed by atoms with Gasteiger partial charge in [0, 0.05) is 16.5 Å². The standard InChI is InChI=1S/C25H21N3O2/c1-2-30-24-15-9-6-12-19(24)17-26-28-25(29)21-16-23(18-10-4-3-5-11-18)27-22-14-8-7-13-20(21)22/h3-17H,2H2,1H3,(H,28,29)/b26-17+. The summed E-state index contributed by atoms with van der Waals surface area (Å²) < 4.78 is 5.59. The van der Waals surface area contributed by atoms with Crippen molar-refractivity contribution in [1.29, 1.82) is 0 Å². The molecule has 4 rings (SSSR count). The molecule has 5 heteroatoms. The van der Waals surface area contributed by atoms with Gasteiger partial charge in [0.15, 0.2) is 0 Å². The summed E-state index contributed by atoms with van der Waals surface area (Å²) in [6.07, 6.45) is 1.59. The third-order valence-corrected chi connectivity index (χ3v) is 4.62. The van der Waals surface area contributed by atoms with Gasteiger partial charge in [-0.15, -0.1) is 0 Å². The van der Waals surface area contributed by atoms with E-state index in [1.165, 1.54) is 0 Å². The number of hydrazone groups is 1. The van der Waals surface area contributed by atoms with Crippen molar-refractivity contribution in [3.63, 3.8) is 0 Å². The van der Waals surface area contributed by atoms with E-state index in [4.69, 9.17) is 9.72 Å². The molecule has 0 atom stereocenters. The zero-order valence-corrected chi connectivity index (χ0v) is 16.6. The van der Waals surface area contributed by atoms with Crippen molar-refractivity contribution in [2.75, 3.05) is 6.61 Å². The van der Waals surface area contributed by atoms with Crippen molar-refractivity contribution in [3.8, 4) is 17.0 Å². The fourth-order valence-electron chi connectivity index (χ4n) is 3.21. The average Bonchev–Trinajstić information content (AvgIpc) is 2.80. The van der Waals surface area contributed by atoms with Crippen molar-refractivity contribution in [2.24, 2.45) is 5.10 Å². The summed E-state index contributed by atoms with van der Waals surface area (Å²) in [5.41, 5.74) is 6.40. The van der Waals surface area contributed by atoms with Crippen molar-refractivity contribution < 1.29 is 9.53 Å². The van der Waals surface area contributed by atoms with Gasteiger partial charge >= 0.3 is 0 Å². The summed E-state index contributed by atoms with van der Waals surface area (Å²) in [5.74, 6) is 0.426. The molecule has 5 nitrogen and oxygen atoms in total. The van der Waals surface area contributed by atoms with E-state index < -0.39 is 0 Å². The minimum absolute atomic E-state index is 0.295. The highest BCUT2D eigenvalue weighted by molar-refractivity contribution is 6.07. The van der Waals surface area contributed by atoms with Gasteiger partial charge in [-0.05, 0) is 31.2 Å². The van der Waals surface area contributed by atoms with E-state index in [1.54, 1.807) is 12.3 Å². The number of benzene rings is 3. The Labute approximate surface area is 175 Å². The van der Waals surface area contributed by atoms with Crippen molar-refractivity contribution in [2.45, 2.75) is 6.92 Å². The highest BCUT2D eigenvalue weighted by atomic mass is 16.5. The van der Waals surface area contributed by atoms with E-state index in [0.29, 0.717) is 12.2 Å². The predicted molar refractivity (Wildman–Crippen MR) is 120 cm³/mol. The van der Waals surface area contributed by atoms with E-state index in [9.17, 15) is 4.79 Å². The van der Waals surface area contributed by atoms with E-state index in [-0.39, 0.29) is 5.91 Å². The number of rotatable bonds is 6. The van der Waals surface area contributed by atoms with Gasteiger partial charge in [0.05, 0.1) is 29.6 Å². The molecule has 0 aliphatic rings. The second-order valence-electron chi connectivity index (χ2n) is 6.61. The largest absolute Gasteiger partial charge is 0.493 e. The third kappa shape index (κ3) is 4.20. The van der Waals surface area contributed by atoms with Gasteiger partial charge in [-0.1, -0.05) is 60.7 Å². The van der Waals surface area contributed by atoms with Crippen LogP contribution < -0.4 is 10.2 Å². The topological polar surface area (TPSA) is 63.6 Å². The van der Waals surface area contributed by atoms with Gasteiger partial charge in [-0.25, -0.2) is 10.4 Å². The van der Waals surface area contributed by atoms with Crippen LogP contribution in [0.5, 0.6) is 5.75 Å². The normalized spacial score (nSPS) is 11.0. The number of fused-ring (bicyclic) bond motifs is 1. The lowest BCUT2D eigenvalue weighted by Gasteiger charge is -2.09. The van der Waals surface area contributed by atoms with Crippen LogP contribution in [0.4, 0.5) is 0 Å². The van der Waals surface area contributed by atoms with Gasteiger partial charge in [0.25, 0.3) is 5.91 Å².